The number of alkyl halides is 3. The van der Waals surface area contributed by atoms with Crippen LogP contribution in [-0.2, 0) is 6.18 Å². The number of rotatable bonds is 2. The van der Waals surface area contributed by atoms with Gasteiger partial charge in [0.1, 0.15) is 5.82 Å². The van der Waals surface area contributed by atoms with Crippen LogP contribution in [0.3, 0.4) is 0 Å². The highest BCUT2D eigenvalue weighted by molar-refractivity contribution is 7.97. The maximum atomic E-state index is 12.7. The second kappa shape index (κ2) is 4.18. The van der Waals surface area contributed by atoms with Gasteiger partial charge in [0.25, 0.3) is 0 Å². The van der Waals surface area contributed by atoms with E-state index in [1.54, 1.807) is 7.05 Å². The molecule has 0 aliphatic heterocycles. The fourth-order valence-corrected chi connectivity index (χ4v) is 1.50. The van der Waals surface area contributed by atoms with Gasteiger partial charge in [-0.05, 0) is 37.2 Å². The molecule has 0 aliphatic carbocycles. The third kappa shape index (κ3) is 2.88. The Labute approximate surface area is 82.6 Å². The molecule has 1 aromatic rings. The van der Waals surface area contributed by atoms with Gasteiger partial charge < -0.3 is 0 Å². The Hall–Kier alpha value is -0.750. The molecule has 0 aromatic heterocycles. The number of halogens is 4. The molecule has 0 aliphatic rings. The quantitative estimate of drug-likeness (QED) is 0.613. The normalized spacial score (nSPS) is 11.8. The fourth-order valence-electron chi connectivity index (χ4n) is 0.903. The Kier molecular flexibility index (Phi) is 3.38. The Balaban J connectivity index is 3.07. The van der Waals surface area contributed by atoms with E-state index < -0.39 is 17.6 Å². The van der Waals surface area contributed by atoms with E-state index in [0.717, 1.165) is 24.1 Å². The van der Waals surface area contributed by atoms with Crippen molar-refractivity contribution in [3.05, 3.63) is 29.6 Å². The zero-order chi connectivity index (χ0) is 10.8. The van der Waals surface area contributed by atoms with E-state index in [0.29, 0.717) is 6.07 Å². The molecule has 0 radical (unpaired) electrons. The highest BCUT2D eigenvalue weighted by Crippen LogP contribution is 2.32. The molecular weight excluding hydrogens is 218 g/mol. The highest BCUT2D eigenvalue weighted by atomic mass is 32.2. The minimum atomic E-state index is -4.51. The minimum absolute atomic E-state index is 0.194. The van der Waals surface area contributed by atoms with Crippen LogP contribution in [0.4, 0.5) is 17.6 Å². The van der Waals surface area contributed by atoms with Gasteiger partial charge in [0.15, 0.2) is 0 Å². The predicted molar refractivity (Wildman–Crippen MR) is 46.3 cm³/mol. The number of benzene rings is 1. The van der Waals surface area contributed by atoms with Crippen molar-refractivity contribution in [2.45, 2.75) is 11.1 Å². The molecule has 0 bridgehead atoms. The van der Waals surface area contributed by atoms with E-state index in [4.69, 9.17) is 0 Å². The first kappa shape index (κ1) is 11.3. The summed E-state index contributed by atoms with van der Waals surface area (Å²) in [5.74, 6) is -0.891. The lowest BCUT2D eigenvalue weighted by Crippen LogP contribution is -2.06. The van der Waals surface area contributed by atoms with Gasteiger partial charge in [-0.3, -0.25) is 4.72 Å². The van der Waals surface area contributed by atoms with E-state index in [1.807, 2.05) is 0 Å². The van der Waals surface area contributed by atoms with Gasteiger partial charge >= 0.3 is 6.18 Å². The lowest BCUT2D eigenvalue weighted by atomic mass is 10.2. The average molecular weight is 225 g/mol. The summed E-state index contributed by atoms with van der Waals surface area (Å²) in [4.78, 5) is 0.194. The Morgan fingerprint density at radius 1 is 1.21 bits per heavy atom. The topological polar surface area (TPSA) is 12.0 Å². The molecule has 14 heavy (non-hydrogen) atoms. The molecule has 0 saturated carbocycles. The van der Waals surface area contributed by atoms with Crippen molar-refractivity contribution >= 4 is 11.9 Å². The molecule has 0 unspecified atom stereocenters. The third-order valence-corrected chi connectivity index (χ3v) is 2.09. The van der Waals surface area contributed by atoms with Crippen LogP contribution in [0, 0.1) is 5.82 Å². The van der Waals surface area contributed by atoms with Crippen LogP contribution in [-0.4, -0.2) is 7.05 Å². The van der Waals surface area contributed by atoms with E-state index in [1.165, 1.54) is 0 Å². The molecule has 6 heteroatoms. The summed E-state index contributed by atoms with van der Waals surface area (Å²) in [6.07, 6.45) is -4.51. The van der Waals surface area contributed by atoms with E-state index in [2.05, 4.69) is 4.72 Å². The summed E-state index contributed by atoms with van der Waals surface area (Å²) in [5, 5.41) is 0. The lowest BCUT2D eigenvalue weighted by molar-refractivity contribution is -0.137. The number of nitrogens with one attached hydrogen (secondary N) is 1. The maximum absolute atomic E-state index is 12.7. The standard InChI is InChI=1S/C8H7F4NS/c1-13-14-7-3-5(8(10,11)12)2-6(9)4-7/h2-4,13H,1H3. The lowest BCUT2D eigenvalue weighted by Gasteiger charge is -2.08. The molecule has 1 nitrogen and oxygen atoms in total. The highest BCUT2D eigenvalue weighted by Gasteiger charge is 2.31. The van der Waals surface area contributed by atoms with Crippen molar-refractivity contribution in [3.63, 3.8) is 0 Å². The molecule has 1 N–H and O–H groups in total. The third-order valence-electron chi connectivity index (χ3n) is 1.42. The van der Waals surface area contributed by atoms with Crippen LogP contribution < -0.4 is 4.72 Å². The molecule has 1 aromatic carbocycles. The maximum Gasteiger partial charge on any atom is 0.416 e. The zero-order valence-electron chi connectivity index (χ0n) is 7.15. The smallest absolute Gasteiger partial charge is 0.263 e. The molecule has 1 rings (SSSR count). The molecule has 0 amide bonds. The summed E-state index contributed by atoms with van der Waals surface area (Å²) < 4.78 is 51.9. The minimum Gasteiger partial charge on any atom is -0.263 e. The number of hydrogen-bond acceptors (Lipinski definition) is 2. The van der Waals surface area contributed by atoms with Crippen molar-refractivity contribution in [2.75, 3.05) is 7.05 Å². The van der Waals surface area contributed by atoms with E-state index >= 15 is 0 Å². The van der Waals surface area contributed by atoms with Crippen molar-refractivity contribution in [1.82, 2.24) is 4.72 Å². The largest absolute Gasteiger partial charge is 0.416 e. The summed E-state index contributed by atoms with van der Waals surface area (Å²) in [6.45, 7) is 0. The first-order valence-corrected chi connectivity index (χ1v) is 4.46. The Morgan fingerprint density at radius 2 is 1.86 bits per heavy atom. The van der Waals surface area contributed by atoms with Gasteiger partial charge in [0.05, 0.1) is 5.56 Å². The van der Waals surface area contributed by atoms with Crippen molar-refractivity contribution in [1.29, 1.82) is 0 Å². The Bertz CT molecular complexity index is 324. The SMILES string of the molecule is CNSc1cc(F)cc(C(F)(F)F)c1. The first-order chi connectivity index (χ1) is 6.43. The van der Waals surface area contributed by atoms with E-state index in [-0.39, 0.29) is 4.90 Å². The molecule has 0 fully saturated rings. The summed E-state index contributed by atoms with van der Waals surface area (Å²) in [6, 6.07) is 2.40. The molecular formula is C8H7F4NS. The zero-order valence-corrected chi connectivity index (χ0v) is 7.97. The number of hydrogen-bond donors (Lipinski definition) is 1. The van der Waals surface area contributed by atoms with Crippen LogP contribution in [0.1, 0.15) is 5.56 Å². The van der Waals surface area contributed by atoms with Crippen molar-refractivity contribution in [3.8, 4) is 0 Å². The second-order valence-electron chi connectivity index (χ2n) is 2.48. The van der Waals surface area contributed by atoms with Crippen LogP contribution in [0.5, 0.6) is 0 Å². The van der Waals surface area contributed by atoms with Gasteiger partial charge in [-0.2, -0.15) is 13.2 Å². The second-order valence-corrected chi connectivity index (χ2v) is 3.56. The van der Waals surface area contributed by atoms with Gasteiger partial charge in [0.2, 0.25) is 0 Å². The van der Waals surface area contributed by atoms with Gasteiger partial charge in [-0.15, -0.1) is 0 Å². The Morgan fingerprint density at radius 3 is 2.36 bits per heavy atom. The van der Waals surface area contributed by atoms with Gasteiger partial charge in [0, 0.05) is 4.90 Å². The van der Waals surface area contributed by atoms with Crippen molar-refractivity contribution < 1.29 is 17.6 Å². The van der Waals surface area contributed by atoms with Gasteiger partial charge in [-0.1, -0.05) is 0 Å². The summed E-state index contributed by atoms with van der Waals surface area (Å²) in [7, 11) is 1.54. The predicted octanol–water partition coefficient (Wildman–Crippen LogP) is 3.07. The van der Waals surface area contributed by atoms with E-state index in [9.17, 15) is 17.6 Å². The van der Waals surface area contributed by atoms with Gasteiger partial charge in [-0.25, -0.2) is 4.39 Å². The molecule has 0 spiro atoms. The fraction of sp³-hybridized carbons (Fsp3) is 0.250. The van der Waals surface area contributed by atoms with Crippen LogP contribution in [0.25, 0.3) is 0 Å². The molecule has 0 saturated heterocycles. The average Bonchev–Trinajstić information content (AvgIpc) is 2.02. The monoisotopic (exact) mass is 225 g/mol. The summed E-state index contributed by atoms with van der Waals surface area (Å²) in [5.41, 5.74) is -0.977. The van der Waals surface area contributed by atoms with Crippen LogP contribution >= 0.6 is 11.9 Å². The molecule has 0 heterocycles. The molecule has 78 valence electrons. The van der Waals surface area contributed by atoms with Crippen molar-refractivity contribution in [2.24, 2.45) is 0 Å². The van der Waals surface area contributed by atoms with Crippen LogP contribution in [0.2, 0.25) is 0 Å². The molecule has 0 atom stereocenters. The van der Waals surface area contributed by atoms with Crippen LogP contribution in [0.15, 0.2) is 23.1 Å². The summed E-state index contributed by atoms with van der Waals surface area (Å²) >= 11 is 0.930. The first-order valence-electron chi connectivity index (χ1n) is 3.65.